The molecule has 0 aliphatic rings. The smallest absolute Gasteiger partial charge is 0.234 e. The molecular weight excluding hydrogens is 294 g/mol. The van der Waals surface area contributed by atoms with E-state index in [1.54, 1.807) is 12.4 Å². The highest BCUT2D eigenvalue weighted by molar-refractivity contribution is 5.77. The van der Waals surface area contributed by atoms with Gasteiger partial charge in [-0.15, -0.1) is 0 Å². The highest BCUT2D eigenvalue weighted by atomic mass is 16.5. The van der Waals surface area contributed by atoms with Gasteiger partial charge in [-0.3, -0.25) is 14.7 Å². The molecule has 2 aromatic rings. The van der Waals surface area contributed by atoms with E-state index >= 15 is 0 Å². The van der Waals surface area contributed by atoms with Crippen molar-refractivity contribution in [1.29, 1.82) is 0 Å². The summed E-state index contributed by atoms with van der Waals surface area (Å²) in [7, 11) is 1.91. The Morgan fingerprint density at radius 2 is 2.09 bits per heavy atom. The molecule has 2 heterocycles. The molecule has 0 saturated carbocycles. The van der Waals surface area contributed by atoms with Crippen LogP contribution in [0.1, 0.15) is 37.0 Å². The maximum atomic E-state index is 11.9. The molecule has 0 unspecified atom stereocenters. The first-order valence-corrected chi connectivity index (χ1v) is 7.71. The number of likely N-dealkylation sites (N-methyl/N-ethyl adjacent to an activating group) is 1. The highest BCUT2D eigenvalue weighted by Gasteiger charge is 2.11. The molecule has 0 bridgehead atoms. The first-order valence-electron chi connectivity index (χ1n) is 7.71. The summed E-state index contributed by atoms with van der Waals surface area (Å²) in [5.41, 5.74) is 1.13. The number of pyridine rings is 1. The van der Waals surface area contributed by atoms with Gasteiger partial charge < -0.3 is 9.84 Å². The van der Waals surface area contributed by atoms with E-state index in [-0.39, 0.29) is 11.8 Å². The van der Waals surface area contributed by atoms with Gasteiger partial charge in [-0.1, -0.05) is 19.0 Å². The second-order valence-electron chi connectivity index (χ2n) is 5.83. The summed E-state index contributed by atoms with van der Waals surface area (Å²) in [4.78, 5) is 22.1. The van der Waals surface area contributed by atoms with E-state index in [1.807, 2.05) is 37.9 Å². The number of aromatic nitrogens is 3. The molecule has 0 atom stereocenters. The number of carbonyl (C=O) groups is 1. The summed E-state index contributed by atoms with van der Waals surface area (Å²) in [6.45, 7) is 5.54. The second-order valence-corrected chi connectivity index (χ2v) is 5.83. The molecule has 1 amide bonds. The van der Waals surface area contributed by atoms with Crippen LogP contribution in [0.2, 0.25) is 0 Å². The Morgan fingerprint density at radius 3 is 2.74 bits per heavy atom. The Hall–Kier alpha value is -2.28. The molecule has 2 aromatic heterocycles. The van der Waals surface area contributed by atoms with Crippen LogP contribution in [0, 0.1) is 0 Å². The monoisotopic (exact) mass is 317 g/mol. The van der Waals surface area contributed by atoms with E-state index in [1.165, 1.54) is 0 Å². The molecule has 0 fully saturated rings. The van der Waals surface area contributed by atoms with Crippen molar-refractivity contribution in [3.8, 4) is 0 Å². The molecule has 0 aromatic carbocycles. The number of hydrogen-bond donors (Lipinski definition) is 1. The lowest BCUT2D eigenvalue weighted by Gasteiger charge is -2.16. The van der Waals surface area contributed by atoms with E-state index in [2.05, 4.69) is 20.4 Å². The summed E-state index contributed by atoms with van der Waals surface area (Å²) in [5.74, 6) is 1.45. The molecule has 0 radical (unpaired) electrons. The summed E-state index contributed by atoms with van der Waals surface area (Å²) in [5, 5.41) is 6.77. The third kappa shape index (κ3) is 5.78. The van der Waals surface area contributed by atoms with E-state index in [0.717, 1.165) is 5.56 Å². The maximum Gasteiger partial charge on any atom is 0.234 e. The maximum absolute atomic E-state index is 11.9. The Kier molecular flexibility index (Phi) is 6.22. The van der Waals surface area contributed by atoms with Crippen molar-refractivity contribution in [1.82, 2.24) is 25.3 Å². The van der Waals surface area contributed by atoms with E-state index in [4.69, 9.17) is 4.52 Å². The standard InChI is InChI=1S/C16H23N5O2/c1-12(2)16-19-14(20-23-16)6-9-18-15(22)11-21(3)10-13-4-7-17-8-5-13/h4-5,7-8,12H,6,9-11H2,1-3H3,(H,18,22). The molecule has 2 rings (SSSR count). The zero-order chi connectivity index (χ0) is 16.7. The van der Waals surface area contributed by atoms with Gasteiger partial charge in [0.15, 0.2) is 5.82 Å². The minimum absolute atomic E-state index is 0.0193. The predicted molar refractivity (Wildman–Crippen MR) is 85.7 cm³/mol. The van der Waals surface area contributed by atoms with Crippen LogP contribution in [-0.4, -0.2) is 46.1 Å². The van der Waals surface area contributed by atoms with Crippen molar-refractivity contribution in [2.45, 2.75) is 32.7 Å². The minimum Gasteiger partial charge on any atom is -0.355 e. The van der Waals surface area contributed by atoms with Crippen LogP contribution in [0.15, 0.2) is 29.0 Å². The van der Waals surface area contributed by atoms with E-state index in [0.29, 0.717) is 37.8 Å². The van der Waals surface area contributed by atoms with Gasteiger partial charge in [0.25, 0.3) is 0 Å². The molecular formula is C16H23N5O2. The molecule has 0 spiro atoms. The van der Waals surface area contributed by atoms with Gasteiger partial charge in [0, 0.05) is 37.8 Å². The average Bonchev–Trinajstić information content (AvgIpc) is 2.97. The Balaban J connectivity index is 1.68. The zero-order valence-corrected chi connectivity index (χ0v) is 13.8. The van der Waals surface area contributed by atoms with Gasteiger partial charge in [-0.05, 0) is 24.7 Å². The molecule has 1 N–H and O–H groups in total. The first-order chi connectivity index (χ1) is 11.0. The largest absolute Gasteiger partial charge is 0.355 e. The van der Waals surface area contributed by atoms with Gasteiger partial charge in [0.05, 0.1) is 6.54 Å². The fourth-order valence-electron chi connectivity index (χ4n) is 2.07. The molecule has 0 saturated heterocycles. The Labute approximate surface area is 136 Å². The zero-order valence-electron chi connectivity index (χ0n) is 13.8. The third-order valence-electron chi connectivity index (χ3n) is 3.26. The van der Waals surface area contributed by atoms with E-state index in [9.17, 15) is 4.79 Å². The average molecular weight is 317 g/mol. The number of carbonyl (C=O) groups excluding carboxylic acids is 1. The SMILES string of the molecule is CC(C)c1nc(CCNC(=O)CN(C)Cc2ccncc2)no1. The van der Waals surface area contributed by atoms with Gasteiger partial charge in [-0.25, -0.2) is 0 Å². The molecule has 0 aliphatic heterocycles. The van der Waals surface area contributed by atoms with Crippen molar-refractivity contribution in [2.75, 3.05) is 20.1 Å². The normalized spacial score (nSPS) is 11.2. The summed E-state index contributed by atoms with van der Waals surface area (Å²) in [6, 6.07) is 3.88. The number of amides is 1. The van der Waals surface area contributed by atoms with Crippen molar-refractivity contribution < 1.29 is 9.32 Å². The summed E-state index contributed by atoms with van der Waals surface area (Å²) < 4.78 is 5.13. The van der Waals surface area contributed by atoms with Crippen molar-refractivity contribution in [2.24, 2.45) is 0 Å². The number of nitrogens with zero attached hydrogens (tertiary/aromatic N) is 4. The van der Waals surface area contributed by atoms with Gasteiger partial charge in [0.1, 0.15) is 0 Å². The van der Waals surface area contributed by atoms with E-state index < -0.39 is 0 Å². The lowest BCUT2D eigenvalue weighted by molar-refractivity contribution is -0.122. The van der Waals surface area contributed by atoms with Gasteiger partial charge in [0.2, 0.25) is 11.8 Å². The lowest BCUT2D eigenvalue weighted by Crippen LogP contribution is -2.35. The summed E-state index contributed by atoms with van der Waals surface area (Å²) >= 11 is 0. The van der Waals surface area contributed by atoms with Crippen LogP contribution < -0.4 is 5.32 Å². The molecule has 7 heteroatoms. The van der Waals surface area contributed by atoms with Crippen molar-refractivity contribution >= 4 is 5.91 Å². The number of hydrogen-bond acceptors (Lipinski definition) is 6. The topological polar surface area (TPSA) is 84.2 Å². The van der Waals surface area contributed by atoms with Crippen molar-refractivity contribution in [3.63, 3.8) is 0 Å². The lowest BCUT2D eigenvalue weighted by atomic mass is 10.2. The van der Waals surface area contributed by atoms with Gasteiger partial charge >= 0.3 is 0 Å². The molecule has 23 heavy (non-hydrogen) atoms. The predicted octanol–water partition coefficient (Wildman–Crippen LogP) is 1.38. The minimum atomic E-state index is -0.0193. The highest BCUT2D eigenvalue weighted by Crippen LogP contribution is 2.10. The first kappa shape index (κ1) is 17.1. The fourth-order valence-corrected chi connectivity index (χ4v) is 2.07. The Bertz CT molecular complexity index is 612. The Morgan fingerprint density at radius 1 is 1.35 bits per heavy atom. The quantitative estimate of drug-likeness (QED) is 0.792. The fraction of sp³-hybridized carbons (Fsp3) is 0.500. The summed E-state index contributed by atoms with van der Waals surface area (Å²) in [6.07, 6.45) is 4.06. The van der Waals surface area contributed by atoms with Crippen LogP contribution in [-0.2, 0) is 17.8 Å². The van der Waals surface area contributed by atoms with Crippen LogP contribution in [0.3, 0.4) is 0 Å². The molecule has 124 valence electrons. The molecule has 0 aliphatic carbocycles. The number of nitrogens with one attached hydrogen (secondary N) is 1. The molecule has 7 nitrogen and oxygen atoms in total. The number of rotatable bonds is 8. The van der Waals surface area contributed by atoms with Crippen LogP contribution in [0.25, 0.3) is 0 Å². The second kappa shape index (κ2) is 8.38. The third-order valence-corrected chi connectivity index (χ3v) is 3.26. The van der Waals surface area contributed by atoms with Crippen LogP contribution in [0.4, 0.5) is 0 Å². The van der Waals surface area contributed by atoms with Crippen LogP contribution >= 0.6 is 0 Å². The van der Waals surface area contributed by atoms with Crippen LogP contribution in [0.5, 0.6) is 0 Å². The van der Waals surface area contributed by atoms with Gasteiger partial charge in [-0.2, -0.15) is 4.98 Å². The van der Waals surface area contributed by atoms with Crippen molar-refractivity contribution in [3.05, 3.63) is 41.8 Å².